The van der Waals surface area contributed by atoms with Crippen molar-refractivity contribution in [1.82, 2.24) is 4.98 Å². The fourth-order valence-corrected chi connectivity index (χ4v) is 0.972. The highest BCUT2D eigenvalue weighted by Crippen LogP contribution is 2.24. The van der Waals surface area contributed by atoms with Crippen LogP contribution in [0.1, 0.15) is 28.2 Å². The minimum absolute atomic E-state index is 0.392. The Morgan fingerprint density at radius 2 is 2.27 bits per heavy atom. The first-order valence-corrected chi connectivity index (χ1v) is 3.69. The zero-order valence-electron chi connectivity index (χ0n) is 7.24. The molecule has 1 aromatic rings. The lowest BCUT2D eigenvalue weighted by Gasteiger charge is -2.05. The number of aromatic carboxylic acids is 1. The van der Waals surface area contributed by atoms with Gasteiger partial charge in [0.15, 0.2) is 11.4 Å². The van der Waals surface area contributed by atoms with Crippen molar-refractivity contribution in [3.8, 4) is 6.07 Å². The van der Waals surface area contributed by atoms with E-state index < -0.39 is 35.0 Å². The van der Waals surface area contributed by atoms with Crippen molar-refractivity contribution in [2.45, 2.75) is 6.43 Å². The topological polar surface area (TPSA) is 100 Å². The van der Waals surface area contributed by atoms with Gasteiger partial charge in [-0.15, -0.1) is 0 Å². The van der Waals surface area contributed by atoms with Crippen LogP contribution in [0.15, 0.2) is 6.07 Å². The summed E-state index contributed by atoms with van der Waals surface area (Å²) in [6, 6.07) is 2.14. The van der Waals surface area contributed by atoms with Crippen LogP contribution in [-0.4, -0.2) is 16.1 Å². The molecule has 0 aromatic carbocycles. The molecule has 0 aliphatic heterocycles. The largest absolute Gasteiger partial charge is 0.476 e. The molecule has 0 bridgehead atoms. The molecule has 78 valence electrons. The number of carboxylic acid groups (broad SMARTS) is 1. The first kappa shape index (κ1) is 10.8. The van der Waals surface area contributed by atoms with Gasteiger partial charge < -0.3 is 10.8 Å². The van der Waals surface area contributed by atoms with E-state index in [-0.39, 0.29) is 0 Å². The number of pyridine rings is 1. The predicted octanol–water partition coefficient (Wildman–Crippen LogP) is 1.17. The number of halogens is 2. The lowest BCUT2D eigenvalue weighted by Crippen LogP contribution is -2.09. The van der Waals surface area contributed by atoms with Gasteiger partial charge in [0.1, 0.15) is 6.07 Å². The summed E-state index contributed by atoms with van der Waals surface area (Å²) in [7, 11) is 0. The molecule has 15 heavy (non-hydrogen) atoms. The summed E-state index contributed by atoms with van der Waals surface area (Å²) in [4.78, 5) is 13.8. The van der Waals surface area contributed by atoms with Gasteiger partial charge >= 0.3 is 5.97 Å². The van der Waals surface area contributed by atoms with Crippen LogP contribution < -0.4 is 5.73 Å². The number of nitrogens with two attached hydrogens (primary N) is 1. The van der Waals surface area contributed by atoms with Crippen LogP contribution in [0, 0.1) is 11.3 Å². The molecule has 5 nitrogen and oxygen atoms in total. The summed E-state index contributed by atoms with van der Waals surface area (Å²) in [6.07, 6.45) is -2.92. The number of rotatable bonds is 2. The highest BCUT2D eigenvalue weighted by atomic mass is 19.3. The van der Waals surface area contributed by atoms with Gasteiger partial charge in [-0.2, -0.15) is 5.26 Å². The minimum Gasteiger partial charge on any atom is -0.476 e. The van der Waals surface area contributed by atoms with Crippen molar-refractivity contribution in [2.24, 2.45) is 0 Å². The molecule has 1 aromatic heterocycles. The van der Waals surface area contributed by atoms with Crippen molar-refractivity contribution >= 4 is 11.7 Å². The zero-order valence-corrected chi connectivity index (χ0v) is 7.24. The molecule has 3 N–H and O–H groups in total. The van der Waals surface area contributed by atoms with Crippen LogP contribution >= 0.6 is 0 Å². The number of nitrogens with zero attached hydrogens (tertiary/aromatic N) is 2. The lowest BCUT2D eigenvalue weighted by molar-refractivity contribution is 0.0691. The number of aromatic nitrogens is 1. The zero-order chi connectivity index (χ0) is 11.6. The molecule has 0 spiro atoms. The predicted molar refractivity (Wildman–Crippen MR) is 45.3 cm³/mol. The second kappa shape index (κ2) is 3.88. The van der Waals surface area contributed by atoms with Gasteiger partial charge in [0.05, 0.1) is 11.3 Å². The van der Waals surface area contributed by atoms with Gasteiger partial charge in [-0.1, -0.05) is 0 Å². The maximum absolute atomic E-state index is 12.3. The average Bonchev–Trinajstić information content (AvgIpc) is 2.16. The number of carbonyl (C=O) groups is 1. The first-order valence-electron chi connectivity index (χ1n) is 3.69. The molecule has 0 unspecified atom stereocenters. The van der Waals surface area contributed by atoms with Crippen molar-refractivity contribution in [3.63, 3.8) is 0 Å². The molecule has 0 atom stereocenters. The van der Waals surface area contributed by atoms with E-state index >= 15 is 0 Å². The van der Waals surface area contributed by atoms with E-state index in [1.165, 1.54) is 6.07 Å². The van der Waals surface area contributed by atoms with Crippen molar-refractivity contribution < 1.29 is 18.7 Å². The molecule has 0 radical (unpaired) electrons. The third-order valence-electron chi connectivity index (χ3n) is 1.63. The summed E-state index contributed by atoms with van der Waals surface area (Å²) < 4.78 is 24.7. The van der Waals surface area contributed by atoms with Gasteiger partial charge in [0, 0.05) is 0 Å². The van der Waals surface area contributed by atoms with Crippen molar-refractivity contribution in [1.29, 1.82) is 5.26 Å². The molecular weight excluding hydrogens is 208 g/mol. The molecule has 0 saturated carbocycles. The maximum Gasteiger partial charge on any atom is 0.356 e. The molecule has 0 amide bonds. The highest BCUT2D eigenvalue weighted by molar-refractivity contribution is 5.91. The van der Waals surface area contributed by atoms with Crippen LogP contribution in [0.25, 0.3) is 0 Å². The SMILES string of the molecule is N#Cc1nc(C(=O)O)c(N)cc1C(F)F. The monoisotopic (exact) mass is 213 g/mol. The molecule has 1 heterocycles. The summed E-state index contributed by atoms with van der Waals surface area (Å²) in [6.45, 7) is 0. The normalized spacial score (nSPS) is 10.0. The second-order valence-corrected chi connectivity index (χ2v) is 2.58. The Labute approximate surface area is 82.8 Å². The Kier molecular flexibility index (Phi) is 2.80. The molecule has 0 aliphatic rings. The number of nitrogen functional groups attached to an aromatic ring is 1. The number of hydrogen-bond donors (Lipinski definition) is 2. The summed E-state index contributed by atoms with van der Waals surface area (Å²) in [5.41, 5.74) is 2.91. The van der Waals surface area contributed by atoms with Crippen LogP contribution in [0.3, 0.4) is 0 Å². The van der Waals surface area contributed by atoms with Gasteiger partial charge in [0.2, 0.25) is 0 Å². The molecule has 1 rings (SSSR count). The van der Waals surface area contributed by atoms with E-state index in [4.69, 9.17) is 16.1 Å². The quantitative estimate of drug-likeness (QED) is 0.767. The summed E-state index contributed by atoms with van der Waals surface area (Å²) in [5.74, 6) is -1.47. The Morgan fingerprint density at radius 3 is 2.67 bits per heavy atom. The van der Waals surface area contributed by atoms with E-state index in [2.05, 4.69) is 4.98 Å². The van der Waals surface area contributed by atoms with E-state index in [1.54, 1.807) is 0 Å². The fourth-order valence-electron chi connectivity index (χ4n) is 0.972. The van der Waals surface area contributed by atoms with Crippen LogP contribution in [0.4, 0.5) is 14.5 Å². The third kappa shape index (κ3) is 1.99. The standard InChI is InChI=1S/C8H5F2N3O2/c9-7(10)3-1-4(12)6(8(14)15)13-5(3)2-11/h1,7H,12H2,(H,14,15). The second-order valence-electron chi connectivity index (χ2n) is 2.58. The van der Waals surface area contributed by atoms with Gasteiger partial charge in [-0.25, -0.2) is 18.6 Å². The number of nitriles is 1. The highest BCUT2D eigenvalue weighted by Gasteiger charge is 2.20. The van der Waals surface area contributed by atoms with E-state index in [9.17, 15) is 13.6 Å². The Morgan fingerprint density at radius 1 is 1.67 bits per heavy atom. The van der Waals surface area contributed by atoms with E-state index in [1.807, 2.05) is 0 Å². The third-order valence-corrected chi connectivity index (χ3v) is 1.63. The van der Waals surface area contributed by atoms with Gasteiger partial charge in [0.25, 0.3) is 6.43 Å². The Bertz CT molecular complexity index is 454. The number of hydrogen-bond acceptors (Lipinski definition) is 4. The van der Waals surface area contributed by atoms with E-state index in [0.29, 0.717) is 0 Å². The first-order chi connectivity index (χ1) is 6.97. The smallest absolute Gasteiger partial charge is 0.356 e. The molecule has 0 aliphatic carbocycles. The number of anilines is 1. The summed E-state index contributed by atoms with van der Waals surface area (Å²) >= 11 is 0. The molecule has 7 heteroatoms. The van der Waals surface area contributed by atoms with Crippen molar-refractivity contribution in [2.75, 3.05) is 5.73 Å². The van der Waals surface area contributed by atoms with E-state index in [0.717, 1.165) is 6.07 Å². The minimum atomic E-state index is -2.92. The van der Waals surface area contributed by atoms with Crippen LogP contribution in [0.5, 0.6) is 0 Å². The number of carboxylic acids is 1. The van der Waals surface area contributed by atoms with Gasteiger partial charge in [-0.3, -0.25) is 0 Å². The van der Waals surface area contributed by atoms with Crippen LogP contribution in [-0.2, 0) is 0 Å². The van der Waals surface area contributed by atoms with Crippen molar-refractivity contribution in [3.05, 3.63) is 23.0 Å². The average molecular weight is 213 g/mol. The molecule has 0 saturated heterocycles. The maximum atomic E-state index is 12.3. The van der Waals surface area contributed by atoms with Crippen LogP contribution in [0.2, 0.25) is 0 Å². The Hall–Kier alpha value is -2.23. The fraction of sp³-hybridized carbons (Fsp3) is 0.125. The summed E-state index contributed by atoms with van der Waals surface area (Å²) in [5, 5.41) is 17.1. The Balaban J connectivity index is 3.44. The number of alkyl halides is 2. The van der Waals surface area contributed by atoms with Gasteiger partial charge in [-0.05, 0) is 6.07 Å². The molecular formula is C8H5F2N3O2. The lowest BCUT2D eigenvalue weighted by atomic mass is 10.1. The molecule has 0 fully saturated rings.